The fourth-order valence-corrected chi connectivity index (χ4v) is 2.43. The molecule has 0 saturated carbocycles. The minimum absolute atomic E-state index is 0.163. The van der Waals surface area contributed by atoms with Gasteiger partial charge in [-0.05, 0) is 45.3 Å². The van der Waals surface area contributed by atoms with Crippen molar-refractivity contribution in [3.8, 4) is 0 Å². The lowest BCUT2D eigenvalue weighted by Crippen LogP contribution is -2.07. The molecule has 0 aromatic heterocycles. The summed E-state index contributed by atoms with van der Waals surface area (Å²) in [4.78, 5) is 17.4. The second-order valence-corrected chi connectivity index (χ2v) is 5.69. The van der Waals surface area contributed by atoms with Crippen LogP contribution in [0.5, 0.6) is 0 Å². The Balaban J connectivity index is 1.61. The Morgan fingerprint density at radius 3 is 2.50 bits per heavy atom. The van der Waals surface area contributed by atoms with Crippen LogP contribution in [-0.4, -0.2) is 5.97 Å². The third-order valence-corrected chi connectivity index (χ3v) is 3.69. The normalized spacial score (nSPS) is 16.8. The Morgan fingerprint density at radius 2 is 1.86 bits per heavy atom. The van der Waals surface area contributed by atoms with Crippen molar-refractivity contribution in [3.05, 3.63) is 82.0 Å². The van der Waals surface area contributed by atoms with Gasteiger partial charge in [-0.1, -0.05) is 42.5 Å². The van der Waals surface area contributed by atoms with Crippen molar-refractivity contribution in [1.29, 1.82) is 0 Å². The van der Waals surface area contributed by atoms with Crippen molar-refractivity contribution < 1.29 is 14.4 Å². The number of ether oxygens (including phenoxy) is 1. The summed E-state index contributed by atoms with van der Waals surface area (Å²) in [5.74, 6) is -0.336. The number of carbonyl (C=O) groups is 1. The number of hydrogen-bond acceptors (Lipinski definition) is 4. The van der Waals surface area contributed by atoms with Gasteiger partial charge in [0.1, 0.15) is 17.3 Å². The molecule has 3 rings (SSSR count). The van der Waals surface area contributed by atoms with Gasteiger partial charge in [-0.25, -0.2) is 4.79 Å². The van der Waals surface area contributed by atoms with Crippen LogP contribution in [0.25, 0.3) is 0 Å². The summed E-state index contributed by atoms with van der Waals surface area (Å²) in [6, 6.07) is 16.8. The first-order valence-corrected chi connectivity index (χ1v) is 7.62. The highest BCUT2D eigenvalue weighted by molar-refractivity contribution is 9.11. The summed E-state index contributed by atoms with van der Waals surface area (Å²) in [7, 11) is 0. The van der Waals surface area contributed by atoms with Gasteiger partial charge in [0, 0.05) is 0 Å². The molecule has 0 spiro atoms. The van der Waals surface area contributed by atoms with E-state index in [-0.39, 0.29) is 18.7 Å². The maximum absolute atomic E-state index is 12.0. The summed E-state index contributed by atoms with van der Waals surface area (Å²) in [6.07, 6.45) is 1.74. The van der Waals surface area contributed by atoms with Crippen molar-refractivity contribution in [1.82, 2.24) is 5.48 Å². The molecule has 0 saturated heterocycles. The lowest BCUT2D eigenvalue weighted by molar-refractivity contribution is 0.0451. The third-order valence-electron chi connectivity index (χ3n) is 3.27. The maximum atomic E-state index is 12.0. The molecule has 1 aliphatic heterocycles. The van der Waals surface area contributed by atoms with Crippen LogP contribution in [0.15, 0.2) is 65.3 Å². The molecule has 112 valence electrons. The quantitative estimate of drug-likeness (QED) is 0.665. The molecule has 4 nitrogen and oxygen atoms in total. The Labute approximate surface area is 136 Å². The summed E-state index contributed by atoms with van der Waals surface area (Å²) >= 11 is 3.31. The number of carbonyl (C=O) groups excluding carboxylic acids is 1. The van der Waals surface area contributed by atoms with E-state index >= 15 is 0 Å². The Kier molecular flexibility index (Phi) is 4.56. The van der Waals surface area contributed by atoms with Crippen LogP contribution in [0, 0.1) is 0 Å². The summed E-state index contributed by atoms with van der Waals surface area (Å²) in [6.45, 7) is 0.271. The lowest BCUT2D eigenvalue weighted by atomic mass is 10.1. The zero-order valence-electron chi connectivity index (χ0n) is 11.7. The summed E-state index contributed by atoms with van der Waals surface area (Å²) in [5, 5.41) is 0. The fraction of sp³-hybridized carbons (Fsp3) is 0.118. The number of hydrogen-bond donors (Lipinski definition) is 1. The molecule has 5 heteroatoms. The molecule has 1 aliphatic rings. The number of benzene rings is 2. The van der Waals surface area contributed by atoms with Crippen LogP contribution in [0.1, 0.15) is 27.6 Å². The average Bonchev–Trinajstić information content (AvgIpc) is 3.00. The molecule has 0 radical (unpaired) electrons. The molecule has 22 heavy (non-hydrogen) atoms. The monoisotopic (exact) mass is 359 g/mol. The molecule has 2 aromatic carbocycles. The predicted molar refractivity (Wildman–Crippen MR) is 86.0 cm³/mol. The van der Waals surface area contributed by atoms with E-state index in [1.54, 1.807) is 12.1 Å². The molecule has 1 atom stereocenters. The summed E-state index contributed by atoms with van der Waals surface area (Å²) in [5.41, 5.74) is 5.18. The van der Waals surface area contributed by atoms with Crippen molar-refractivity contribution in [2.24, 2.45) is 0 Å². The van der Waals surface area contributed by atoms with Gasteiger partial charge >= 0.3 is 5.97 Å². The zero-order chi connectivity index (χ0) is 15.4. The molecule has 0 amide bonds. The largest absolute Gasteiger partial charge is 0.457 e. The fourth-order valence-electron chi connectivity index (χ4n) is 2.10. The number of halogens is 1. The highest BCUT2D eigenvalue weighted by atomic mass is 79.9. The van der Waals surface area contributed by atoms with Gasteiger partial charge in [0.05, 0.1) is 5.56 Å². The molecule has 2 aromatic rings. The van der Waals surface area contributed by atoms with Gasteiger partial charge in [0.15, 0.2) is 0 Å². The second kappa shape index (κ2) is 6.77. The SMILES string of the molecule is O=C(OCc1ccccc1)c1ccc(C2C=C(Br)NO2)cc1. The predicted octanol–water partition coefficient (Wildman–Crippen LogP) is 3.86. The molecule has 0 fully saturated rings. The van der Waals surface area contributed by atoms with Gasteiger partial charge in [0.25, 0.3) is 0 Å². The summed E-state index contributed by atoms with van der Waals surface area (Å²) < 4.78 is 6.09. The highest BCUT2D eigenvalue weighted by Gasteiger charge is 2.17. The first-order chi connectivity index (χ1) is 10.7. The zero-order valence-corrected chi connectivity index (χ0v) is 13.2. The van der Waals surface area contributed by atoms with Crippen LogP contribution >= 0.6 is 15.9 Å². The van der Waals surface area contributed by atoms with Gasteiger partial charge in [0.2, 0.25) is 0 Å². The molecule has 0 aliphatic carbocycles. The van der Waals surface area contributed by atoms with Crippen LogP contribution in [-0.2, 0) is 16.2 Å². The van der Waals surface area contributed by atoms with Crippen LogP contribution in [0.4, 0.5) is 0 Å². The van der Waals surface area contributed by atoms with E-state index in [1.807, 2.05) is 48.5 Å². The van der Waals surface area contributed by atoms with Gasteiger partial charge in [-0.2, -0.15) is 0 Å². The number of nitrogens with one attached hydrogen (secondary N) is 1. The standard InChI is InChI=1S/C17H14BrNO3/c18-16-10-15(22-19-16)13-6-8-14(9-7-13)17(20)21-11-12-4-2-1-3-5-12/h1-10,15,19H,11H2. The van der Waals surface area contributed by atoms with E-state index < -0.39 is 0 Å². The van der Waals surface area contributed by atoms with E-state index in [9.17, 15) is 4.79 Å². The smallest absolute Gasteiger partial charge is 0.338 e. The van der Waals surface area contributed by atoms with Gasteiger partial charge in [-0.3, -0.25) is 10.3 Å². The molecule has 0 bridgehead atoms. The van der Waals surface area contributed by atoms with Gasteiger partial charge in [-0.15, -0.1) is 0 Å². The first-order valence-electron chi connectivity index (χ1n) is 6.82. The van der Waals surface area contributed by atoms with E-state index in [0.29, 0.717) is 5.56 Å². The first kappa shape index (κ1) is 14.8. The molecule has 1 N–H and O–H groups in total. The Hall–Kier alpha value is -2.11. The van der Waals surface area contributed by atoms with Gasteiger partial charge < -0.3 is 4.74 Å². The van der Waals surface area contributed by atoms with Crippen LogP contribution < -0.4 is 5.48 Å². The van der Waals surface area contributed by atoms with Crippen molar-refractivity contribution in [3.63, 3.8) is 0 Å². The molecule has 1 unspecified atom stereocenters. The minimum atomic E-state index is -0.336. The van der Waals surface area contributed by atoms with Crippen LogP contribution in [0.3, 0.4) is 0 Å². The Bertz CT molecular complexity index is 683. The third kappa shape index (κ3) is 3.55. The molecule has 1 heterocycles. The molecular formula is C17H14BrNO3. The minimum Gasteiger partial charge on any atom is -0.457 e. The van der Waals surface area contributed by atoms with Crippen molar-refractivity contribution in [2.75, 3.05) is 0 Å². The average molecular weight is 360 g/mol. The Morgan fingerprint density at radius 1 is 1.14 bits per heavy atom. The van der Waals surface area contributed by atoms with E-state index in [2.05, 4.69) is 21.4 Å². The number of rotatable bonds is 4. The van der Waals surface area contributed by atoms with Crippen LogP contribution in [0.2, 0.25) is 0 Å². The second-order valence-electron chi connectivity index (χ2n) is 4.84. The van der Waals surface area contributed by atoms with E-state index in [1.165, 1.54) is 0 Å². The topological polar surface area (TPSA) is 47.6 Å². The maximum Gasteiger partial charge on any atom is 0.338 e. The van der Waals surface area contributed by atoms with E-state index in [0.717, 1.165) is 15.7 Å². The number of esters is 1. The van der Waals surface area contributed by atoms with Crippen molar-refractivity contribution in [2.45, 2.75) is 12.7 Å². The lowest BCUT2D eigenvalue weighted by Gasteiger charge is -2.09. The molecular weight excluding hydrogens is 346 g/mol. The van der Waals surface area contributed by atoms with E-state index in [4.69, 9.17) is 9.57 Å². The number of hydroxylamine groups is 1. The highest BCUT2D eigenvalue weighted by Crippen LogP contribution is 2.26. The van der Waals surface area contributed by atoms with Crippen molar-refractivity contribution >= 4 is 21.9 Å².